The number of fused-ring (bicyclic) bond motifs is 1. The molecule has 1 heteroatoms. The first-order valence-electron chi connectivity index (χ1n) is 6.69. The first-order valence-corrected chi connectivity index (χ1v) is 6.69. The molecule has 0 saturated heterocycles. The SMILES string of the molecule is C=C(CC)CC(N)C1CCc2ccccc2C1. The first kappa shape index (κ1) is 12.4. The van der Waals surface area contributed by atoms with E-state index in [0.29, 0.717) is 5.92 Å². The molecule has 0 heterocycles. The van der Waals surface area contributed by atoms with E-state index >= 15 is 0 Å². The van der Waals surface area contributed by atoms with Crippen molar-refractivity contribution in [2.24, 2.45) is 11.7 Å². The van der Waals surface area contributed by atoms with E-state index in [0.717, 1.165) is 19.3 Å². The maximum atomic E-state index is 6.32. The zero-order valence-electron chi connectivity index (χ0n) is 10.8. The van der Waals surface area contributed by atoms with Gasteiger partial charge in [0.05, 0.1) is 0 Å². The smallest absolute Gasteiger partial charge is 0.0108 e. The van der Waals surface area contributed by atoms with Crippen LogP contribution >= 0.6 is 0 Å². The van der Waals surface area contributed by atoms with Crippen LogP contribution in [0, 0.1) is 5.92 Å². The highest BCUT2D eigenvalue weighted by Crippen LogP contribution is 2.28. The van der Waals surface area contributed by atoms with Crippen LogP contribution in [-0.2, 0) is 12.8 Å². The van der Waals surface area contributed by atoms with Crippen molar-refractivity contribution in [3.8, 4) is 0 Å². The lowest BCUT2D eigenvalue weighted by Crippen LogP contribution is -2.34. The molecule has 2 N–H and O–H groups in total. The fraction of sp³-hybridized carbons (Fsp3) is 0.500. The van der Waals surface area contributed by atoms with E-state index in [1.807, 2.05) is 0 Å². The molecule has 0 saturated carbocycles. The Labute approximate surface area is 105 Å². The van der Waals surface area contributed by atoms with E-state index in [1.54, 1.807) is 0 Å². The molecule has 2 atom stereocenters. The third kappa shape index (κ3) is 2.98. The molecule has 0 fully saturated rings. The molecule has 0 radical (unpaired) electrons. The molecule has 2 unspecified atom stereocenters. The predicted octanol–water partition coefficient (Wildman–Crippen LogP) is 3.48. The molecule has 1 aromatic rings. The minimum atomic E-state index is 0.288. The molecule has 1 aliphatic rings. The number of benzene rings is 1. The van der Waals surface area contributed by atoms with Crippen molar-refractivity contribution in [1.82, 2.24) is 0 Å². The third-order valence-electron chi connectivity index (χ3n) is 4.01. The number of hydrogen-bond donors (Lipinski definition) is 1. The summed E-state index contributed by atoms with van der Waals surface area (Å²) in [6, 6.07) is 9.07. The van der Waals surface area contributed by atoms with E-state index in [4.69, 9.17) is 5.73 Å². The Morgan fingerprint density at radius 3 is 2.82 bits per heavy atom. The van der Waals surface area contributed by atoms with Gasteiger partial charge < -0.3 is 5.73 Å². The van der Waals surface area contributed by atoms with Crippen LogP contribution in [0.3, 0.4) is 0 Å². The van der Waals surface area contributed by atoms with Crippen molar-refractivity contribution in [1.29, 1.82) is 0 Å². The predicted molar refractivity (Wildman–Crippen MR) is 74.0 cm³/mol. The Kier molecular flexibility index (Phi) is 4.01. The monoisotopic (exact) mass is 229 g/mol. The van der Waals surface area contributed by atoms with Crippen LogP contribution in [0.1, 0.15) is 37.3 Å². The van der Waals surface area contributed by atoms with Crippen LogP contribution in [-0.4, -0.2) is 6.04 Å². The third-order valence-corrected chi connectivity index (χ3v) is 4.01. The Morgan fingerprint density at radius 2 is 2.12 bits per heavy atom. The molecule has 0 bridgehead atoms. The van der Waals surface area contributed by atoms with Crippen LogP contribution in [0.2, 0.25) is 0 Å². The number of nitrogens with two attached hydrogens (primary N) is 1. The molecule has 0 aromatic heterocycles. The summed E-state index contributed by atoms with van der Waals surface area (Å²) in [6.07, 6.45) is 5.61. The summed E-state index contributed by atoms with van der Waals surface area (Å²) in [6.45, 7) is 6.23. The fourth-order valence-electron chi connectivity index (χ4n) is 2.74. The lowest BCUT2D eigenvalue weighted by atomic mass is 9.78. The van der Waals surface area contributed by atoms with Gasteiger partial charge in [0.2, 0.25) is 0 Å². The second-order valence-corrected chi connectivity index (χ2v) is 5.24. The number of aryl methyl sites for hydroxylation is 1. The van der Waals surface area contributed by atoms with Gasteiger partial charge >= 0.3 is 0 Å². The Bertz CT molecular complexity index is 394. The van der Waals surface area contributed by atoms with E-state index < -0.39 is 0 Å². The largest absolute Gasteiger partial charge is 0.327 e. The molecule has 0 aliphatic heterocycles. The van der Waals surface area contributed by atoms with Crippen LogP contribution in [0.5, 0.6) is 0 Å². The quantitative estimate of drug-likeness (QED) is 0.786. The lowest BCUT2D eigenvalue weighted by Gasteiger charge is -2.29. The molecule has 0 amide bonds. The van der Waals surface area contributed by atoms with Crippen molar-refractivity contribution >= 4 is 0 Å². The van der Waals surface area contributed by atoms with Crippen LogP contribution in [0.25, 0.3) is 0 Å². The van der Waals surface area contributed by atoms with Gasteiger partial charge in [0, 0.05) is 6.04 Å². The van der Waals surface area contributed by atoms with Gasteiger partial charge in [-0.05, 0) is 49.1 Å². The maximum Gasteiger partial charge on any atom is 0.0108 e. The fourth-order valence-corrected chi connectivity index (χ4v) is 2.74. The summed E-state index contributed by atoms with van der Waals surface area (Å²) < 4.78 is 0. The minimum absolute atomic E-state index is 0.288. The molecule has 2 rings (SSSR count). The molecule has 1 aromatic carbocycles. The standard InChI is InChI=1S/C16H23N/c1-3-12(2)10-16(17)15-9-8-13-6-4-5-7-14(13)11-15/h4-7,15-16H,2-3,8-11,17H2,1H3. The van der Waals surface area contributed by atoms with Crippen molar-refractivity contribution < 1.29 is 0 Å². The van der Waals surface area contributed by atoms with Crippen molar-refractivity contribution in [2.75, 3.05) is 0 Å². The van der Waals surface area contributed by atoms with E-state index in [-0.39, 0.29) is 6.04 Å². The van der Waals surface area contributed by atoms with E-state index in [9.17, 15) is 0 Å². The van der Waals surface area contributed by atoms with Crippen molar-refractivity contribution in [3.63, 3.8) is 0 Å². The summed E-state index contributed by atoms with van der Waals surface area (Å²) in [5.74, 6) is 0.633. The molecule has 1 aliphatic carbocycles. The summed E-state index contributed by atoms with van der Waals surface area (Å²) in [4.78, 5) is 0. The average molecular weight is 229 g/mol. The molecule has 92 valence electrons. The van der Waals surface area contributed by atoms with Crippen molar-refractivity contribution in [2.45, 2.75) is 45.1 Å². The van der Waals surface area contributed by atoms with E-state index in [1.165, 1.54) is 29.5 Å². The molecule has 0 spiro atoms. The second-order valence-electron chi connectivity index (χ2n) is 5.24. The second kappa shape index (κ2) is 5.50. The molecule has 17 heavy (non-hydrogen) atoms. The average Bonchev–Trinajstić information content (AvgIpc) is 2.38. The highest BCUT2D eigenvalue weighted by Gasteiger charge is 2.23. The van der Waals surface area contributed by atoms with E-state index in [2.05, 4.69) is 37.8 Å². The van der Waals surface area contributed by atoms with Gasteiger partial charge in [-0.15, -0.1) is 0 Å². The van der Waals surface area contributed by atoms with Crippen molar-refractivity contribution in [3.05, 3.63) is 47.5 Å². The normalized spacial score (nSPS) is 20.7. The van der Waals surface area contributed by atoms with Gasteiger partial charge in [0.25, 0.3) is 0 Å². The van der Waals surface area contributed by atoms with Gasteiger partial charge in [-0.2, -0.15) is 0 Å². The summed E-state index contributed by atoms with van der Waals surface area (Å²) in [7, 11) is 0. The number of hydrogen-bond acceptors (Lipinski definition) is 1. The Morgan fingerprint density at radius 1 is 1.41 bits per heavy atom. The highest BCUT2D eigenvalue weighted by atomic mass is 14.6. The van der Waals surface area contributed by atoms with Gasteiger partial charge in [-0.25, -0.2) is 0 Å². The van der Waals surface area contributed by atoms with Crippen LogP contribution in [0.15, 0.2) is 36.4 Å². The molecular weight excluding hydrogens is 206 g/mol. The van der Waals surface area contributed by atoms with Crippen LogP contribution < -0.4 is 5.73 Å². The summed E-state index contributed by atoms with van der Waals surface area (Å²) in [5.41, 5.74) is 10.6. The zero-order valence-corrected chi connectivity index (χ0v) is 10.8. The van der Waals surface area contributed by atoms with Gasteiger partial charge in [0.1, 0.15) is 0 Å². The zero-order chi connectivity index (χ0) is 12.3. The summed E-state index contributed by atoms with van der Waals surface area (Å²) >= 11 is 0. The van der Waals surface area contributed by atoms with Gasteiger partial charge in [-0.1, -0.05) is 43.3 Å². The van der Waals surface area contributed by atoms with Gasteiger partial charge in [0.15, 0.2) is 0 Å². The summed E-state index contributed by atoms with van der Waals surface area (Å²) in [5, 5.41) is 0. The molecule has 1 nitrogen and oxygen atoms in total. The van der Waals surface area contributed by atoms with Gasteiger partial charge in [-0.3, -0.25) is 0 Å². The molecular formula is C16H23N. The number of rotatable bonds is 4. The highest BCUT2D eigenvalue weighted by molar-refractivity contribution is 5.30. The lowest BCUT2D eigenvalue weighted by molar-refractivity contribution is 0.371. The first-order chi connectivity index (χ1) is 8.20. The Balaban J connectivity index is 2.00. The Hall–Kier alpha value is -1.08. The minimum Gasteiger partial charge on any atom is -0.327 e. The van der Waals surface area contributed by atoms with Crippen LogP contribution in [0.4, 0.5) is 0 Å². The maximum absolute atomic E-state index is 6.32. The topological polar surface area (TPSA) is 26.0 Å².